The molecule has 1 aliphatic carbocycles. The van der Waals surface area contributed by atoms with Crippen LogP contribution in [0.15, 0.2) is 0 Å². The summed E-state index contributed by atoms with van der Waals surface area (Å²) in [5.74, 6) is 0.985. The van der Waals surface area contributed by atoms with Crippen LogP contribution in [0, 0.1) is 11.8 Å². The molecule has 0 bridgehead atoms. The maximum Gasteiger partial charge on any atom is 0.305 e. The van der Waals surface area contributed by atoms with E-state index >= 15 is 0 Å². The predicted octanol–water partition coefficient (Wildman–Crippen LogP) is 2.09. The van der Waals surface area contributed by atoms with Gasteiger partial charge in [0.15, 0.2) is 0 Å². The molecule has 1 atom stereocenters. The Hall–Kier alpha value is -0.570. The monoisotopic (exact) mass is 213 g/mol. The van der Waals surface area contributed by atoms with E-state index in [0.717, 1.165) is 12.3 Å². The summed E-state index contributed by atoms with van der Waals surface area (Å²) in [5.41, 5.74) is 5.69. The van der Waals surface area contributed by atoms with Gasteiger partial charge in [-0.25, -0.2) is 0 Å². The van der Waals surface area contributed by atoms with Gasteiger partial charge in [0.1, 0.15) is 0 Å². The van der Waals surface area contributed by atoms with Gasteiger partial charge in [0, 0.05) is 6.42 Å². The topological polar surface area (TPSA) is 52.3 Å². The largest absolute Gasteiger partial charge is 0.469 e. The van der Waals surface area contributed by atoms with Gasteiger partial charge in [-0.15, -0.1) is 0 Å². The van der Waals surface area contributed by atoms with Crippen molar-refractivity contribution in [1.29, 1.82) is 0 Å². The van der Waals surface area contributed by atoms with Gasteiger partial charge in [0.25, 0.3) is 0 Å². The molecule has 15 heavy (non-hydrogen) atoms. The molecule has 1 unspecified atom stereocenters. The van der Waals surface area contributed by atoms with E-state index in [0.29, 0.717) is 18.9 Å². The van der Waals surface area contributed by atoms with Crippen molar-refractivity contribution >= 4 is 5.97 Å². The van der Waals surface area contributed by atoms with E-state index in [1.165, 1.54) is 39.2 Å². The van der Waals surface area contributed by atoms with Crippen molar-refractivity contribution in [3.05, 3.63) is 0 Å². The molecule has 3 nitrogen and oxygen atoms in total. The summed E-state index contributed by atoms with van der Waals surface area (Å²) in [4.78, 5) is 11.1. The number of nitrogens with two attached hydrogens (primary N) is 1. The molecule has 3 heteroatoms. The molecule has 0 aromatic heterocycles. The summed E-state index contributed by atoms with van der Waals surface area (Å²) < 4.78 is 4.68. The Labute approximate surface area is 92.4 Å². The van der Waals surface area contributed by atoms with E-state index in [9.17, 15) is 4.79 Å². The lowest BCUT2D eigenvalue weighted by Gasteiger charge is -2.25. The van der Waals surface area contributed by atoms with Gasteiger partial charge in [-0.2, -0.15) is 0 Å². The summed E-state index contributed by atoms with van der Waals surface area (Å²) in [6, 6.07) is 0. The SMILES string of the molecule is COC(=O)CC(CN)CC1CCCCC1. The lowest BCUT2D eigenvalue weighted by atomic mass is 9.82. The lowest BCUT2D eigenvalue weighted by Crippen LogP contribution is -2.22. The fourth-order valence-corrected chi connectivity index (χ4v) is 2.48. The Balaban J connectivity index is 2.28. The molecule has 0 heterocycles. The van der Waals surface area contributed by atoms with Gasteiger partial charge >= 0.3 is 5.97 Å². The van der Waals surface area contributed by atoms with E-state index in [1.807, 2.05) is 0 Å². The normalized spacial score (nSPS) is 19.9. The molecule has 1 rings (SSSR count). The van der Waals surface area contributed by atoms with Crippen molar-refractivity contribution in [2.45, 2.75) is 44.9 Å². The van der Waals surface area contributed by atoms with Crippen molar-refractivity contribution in [2.75, 3.05) is 13.7 Å². The first-order chi connectivity index (χ1) is 7.26. The molecule has 0 saturated heterocycles. The highest BCUT2D eigenvalue weighted by Crippen LogP contribution is 2.29. The number of methoxy groups -OCH3 is 1. The fourth-order valence-electron chi connectivity index (χ4n) is 2.48. The fraction of sp³-hybridized carbons (Fsp3) is 0.917. The maximum absolute atomic E-state index is 11.1. The van der Waals surface area contributed by atoms with Crippen LogP contribution in [0.5, 0.6) is 0 Å². The summed E-state index contributed by atoms with van der Waals surface area (Å²) in [6.07, 6.45) is 8.30. The van der Waals surface area contributed by atoms with E-state index in [-0.39, 0.29) is 5.97 Å². The number of esters is 1. The van der Waals surface area contributed by atoms with Crippen LogP contribution < -0.4 is 5.73 Å². The van der Waals surface area contributed by atoms with E-state index in [1.54, 1.807) is 0 Å². The second-order valence-electron chi connectivity index (χ2n) is 4.62. The molecule has 0 aromatic carbocycles. The molecule has 0 spiro atoms. The van der Waals surface area contributed by atoms with E-state index in [4.69, 9.17) is 5.73 Å². The quantitative estimate of drug-likeness (QED) is 0.711. The number of ether oxygens (including phenoxy) is 1. The molecule has 0 radical (unpaired) electrons. The van der Waals surface area contributed by atoms with Gasteiger partial charge < -0.3 is 10.5 Å². The van der Waals surface area contributed by atoms with Gasteiger partial charge in [-0.1, -0.05) is 32.1 Å². The van der Waals surface area contributed by atoms with Crippen LogP contribution in [-0.4, -0.2) is 19.6 Å². The molecule has 0 amide bonds. The van der Waals surface area contributed by atoms with Crippen molar-refractivity contribution in [3.8, 4) is 0 Å². The first kappa shape index (κ1) is 12.5. The molecule has 2 N–H and O–H groups in total. The number of rotatable bonds is 5. The molecule has 1 aliphatic rings. The van der Waals surface area contributed by atoms with Crippen LogP contribution in [-0.2, 0) is 9.53 Å². The zero-order valence-corrected chi connectivity index (χ0v) is 9.71. The van der Waals surface area contributed by atoms with Crippen LogP contribution in [0.4, 0.5) is 0 Å². The second kappa shape index (κ2) is 6.83. The highest BCUT2D eigenvalue weighted by Gasteiger charge is 2.20. The highest BCUT2D eigenvalue weighted by atomic mass is 16.5. The minimum atomic E-state index is -0.124. The number of carbonyl (C=O) groups excluding carboxylic acids is 1. The van der Waals surface area contributed by atoms with Crippen LogP contribution in [0.25, 0.3) is 0 Å². The van der Waals surface area contributed by atoms with Crippen LogP contribution >= 0.6 is 0 Å². The third kappa shape index (κ3) is 4.65. The van der Waals surface area contributed by atoms with E-state index < -0.39 is 0 Å². The third-order valence-electron chi connectivity index (χ3n) is 3.41. The van der Waals surface area contributed by atoms with Crippen LogP contribution in [0.2, 0.25) is 0 Å². The lowest BCUT2D eigenvalue weighted by molar-refractivity contribution is -0.141. The van der Waals surface area contributed by atoms with Crippen LogP contribution in [0.3, 0.4) is 0 Å². The molecule has 0 aromatic rings. The van der Waals surface area contributed by atoms with Crippen molar-refractivity contribution in [1.82, 2.24) is 0 Å². The average Bonchev–Trinajstić information content (AvgIpc) is 2.29. The summed E-state index contributed by atoms with van der Waals surface area (Å²) >= 11 is 0. The molecule has 1 fully saturated rings. The molecule has 1 saturated carbocycles. The highest BCUT2D eigenvalue weighted by molar-refractivity contribution is 5.69. The zero-order chi connectivity index (χ0) is 11.1. The Morgan fingerprint density at radius 3 is 2.60 bits per heavy atom. The maximum atomic E-state index is 11.1. The summed E-state index contributed by atoms with van der Waals surface area (Å²) in [5, 5.41) is 0. The van der Waals surface area contributed by atoms with Crippen molar-refractivity contribution in [3.63, 3.8) is 0 Å². The van der Waals surface area contributed by atoms with Gasteiger partial charge in [-0.3, -0.25) is 4.79 Å². The number of hydrogen-bond acceptors (Lipinski definition) is 3. The second-order valence-corrected chi connectivity index (χ2v) is 4.62. The Morgan fingerprint density at radius 1 is 1.40 bits per heavy atom. The summed E-state index contributed by atoms with van der Waals surface area (Å²) in [7, 11) is 1.44. The average molecular weight is 213 g/mol. The predicted molar refractivity (Wildman–Crippen MR) is 60.4 cm³/mol. The molecular weight excluding hydrogens is 190 g/mol. The van der Waals surface area contributed by atoms with Crippen molar-refractivity contribution in [2.24, 2.45) is 17.6 Å². The summed E-state index contributed by atoms with van der Waals surface area (Å²) in [6.45, 7) is 0.603. The Morgan fingerprint density at radius 2 is 2.07 bits per heavy atom. The first-order valence-electron chi connectivity index (χ1n) is 6.03. The molecular formula is C12H23NO2. The smallest absolute Gasteiger partial charge is 0.305 e. The molecule has 88 valence electrons. The minimum Gasteiger partial charge on any atom is -0.469 e. The minimum absolute atomic E-state index is 0.124. The standard InChI is InChI=1S/C12H23NO2/c1-15-12(14)8-11(9-13)7-10-5-3-2-4-6-10/h10-11H,2-9,13H2,1H3. The zero-order valence-electron chi connectivity index (χ0n) is 9.71. The van der Waals surface area contributed by atoms with Gasteiger partial charge in [0.2, 0.25) is 0 Å². The Kier molecular flexibility index (Phi) is 5.69. The van der Waals surface area contributed by atoms with Crippen LogP contribution in [0.1, 0.15) is 44.9 Å². The molecule has 0 aliphatic heterocycles. The first-order valence-corrected chi connectivity index (χ1v) is 6.03. The van der Waals surface area contributed by atoms with Gasteiger partial charge in [-0.05, 0) is 24.8 Å². The van der Waals surface area contributed by atoms with Crippen molar-refractivity contribution < 1.29 is 9.53 Å². The van der Waals surface area contributed by atoms with Gasteiger partial charge in [0.05, 0.1) is 7.11 Å². The Bertz CT molecular complexity index is 188. The third-order valence-corrected chi connectivity index (χ3v) is 3.41. The van der Waals surface area contributed by atoms with E-state index in [2.05, 4.69) is 4.74 Å². The number of hydrogen-bond donors (Lipinski definition) is 1. The number of carbonyl (C=O) groups is 1.